The van der Waals surface area contributed by atoms with Crippen molar-refractivity contribution >= 4 is 57.7 Å². The number of benzene rings is 4. The summed E-state index contributed by atoms with van der Waals surface area (Å²) in [5.41, 5.74) is 9.77. The van der Waals surface area contributed by atoms with Crippen molar-refractivity contribution in [3.8, 4) is 16.2 Å². The van der Waals surface area contributed by atoms with E-state index in [0.29, 0.717) is 32.0 Å². The first kappa shape index (κ1) is 51.0. The highest BCUT2D eigenvalue weighted by atomic mass is 35.5. The number of halogens is 1. The lowest BCUT2D eigenvalue weighted by molar-refractivity contribution is -0.144. The molecule has 3 heterocycles. The van der Waals surface area contributed by atoms with Gasteiger partial charge in [0.1, 0.15) is 24.4 Å². The minimum Gasteiger partial charge on any atom is -0.492 e. The second kappa shape index (κ2) is 24.1. The number of hydrogen-bond acceptors (Lipinski definition) is 9. The van der Waals surface area contributed by atoms with Gasteiger partial charge in [0.05, 0.1) is 22.2 Å². The van der Waals surface area contributed by atoms with Crippen LogP contribution in [0.1, 0.15) is 80.8 Å². The van der Waals surface area contributed by atoms with E-state index in [1.165, 1.54) is 10.5 Å². The Balaban J connectivity index is 0.835. The number of hydrogen-bond donors (Lipinski definition) is 3. The van der Waals surface area contributed by atoms with Gasteiger partial charge in [0.2, 0.25) is 23.6 Å². The molecule has 3 atom stereocenters. The van der Waals surface area contributed by atoms with Gasteiger partial charge in [-0.05, 0) is 76.3 Å². The van der Waals surface area contributed by atoms with E-state index in [1.807, 2.05) is 86.6 Å². The zero-order valence-electron chi connectivity index (χ0n) is 40.2. The van der Waals surface area contributed by atoms with Crippen molar-refractivity contribution in [2.24, 2.45) is 5.41 Å². The van der Waals surface area contributed by atoms with Gasteiger partial charge in [-0.3, -0.25) is 24.1 Å². The van der Waals surface area contributed by atoms with Crippen LogP contribution in [0.4, 0.5) is 0 Å². The smallest absolute Gasteiger partial charge is 0.246 e. The Morgan fingerprint density at radius 2 is 1.49 bits per heavy atom. The van der Waals surface area contributed by atoms with E-state index in [4.69, 9.17) is 16.3 Å². The molecule has 2 fully saturated rings. The van der Waals surface area contributed by atoms with Crippen LogP contribution in [0.3, 0.4) is 0 Å². The van der Waals surface area contributed by atoms with Gasteiger partial charge in [-0.15, -0.1) is 22.9 Å². The zero-order valence-corrected chi connectivity index (χ0v) is 41.7. The number of aromatic nitrogens is 1. The van der Waals surface area contributed by atoms with E-state index in [-0.39, 0.29) is 50.1 Å². The molecule has 2 aliphatic heterocycles. The molecule has 4 aromatic carbocycles. The van der Waals surface area contributed by atoms with Gasteiger partial charge in [0.25, 0.3) is 0 Å². The summed E-state index contributed by atoms with van der Waals surface area (Å²) >= 11 is 7.92. The third-order valence-corrected chi connectivity index (χ3v) is 14.0. The molecule has 7 rings (SSSR count). The number of allylic oxidation sites excluding steroid dienone is 1. The Morgan fingerprint density at radius 1 is 0.841 bits per heavy atom. The number of nitrogens with zero attached hydrogens (tertiary/aromatic N) is 4. The number of likely N-dealkylation sites (tertiary alicyclic amines) is 1. The topological polar surface area (TPSA) is 144 Å². The molecule has 0 saturated carbocycles. The molecule has 1 unspecified atom stereocenters. The molecule has 0 bridgehead atoms. The summed E-state index contributed by atoms with van der Waals surface area (Å²) in [6, 6.07) is 35.1. The molecule has 2 aliphatic rings. The summed E-state index contributed by atoms with van der Waals surface area (Å²) in [6.07, 6.45) is 0.594. The van der Waals surface area contributed by atoms with Crippen molar-refractivity contribution in [1.29, 1.82) is 0 Å². The van der Waals surface area contributed by atoms with Crippen LogP contribution in [0.15, 0.2) is 115 Å². The van der Waals surface area contributed by atoms with Crippen LogP contribution in [0.2, 0.25) is 0 Å². The first-order valence-corrected chi connectivity index (χ1v) is 25.4. The first-order chi connectivity index (χ1) is 33.3. The largest absolute Gasteiger partial charge is 0.492 e. The monoisotopic (exact) mass is 972 g/mol. The average molecular weight is 974 g/mol. The second-order valence-electron chi connectivity index (χ2n) is 18.9. The van der Waals surface area contributed by atoms with Crippen LogP contribution in [0.5, 0.6) is 5.75 Å². The number of carbonyl (C=O) groups excluding carboxylic acids is 4. The maximum atomic E-state index is 14.1. The van der Waals surface area contributed by atoms with Gasteiger partial charge in [-0.1, -0.05) is 118 Å². The first-order valence-electron chi connectivity index (χ1n) is 24.0. The van der Waals surface area contributed by atoms with Crippen LogP contribution in [-0.2, 0) is 25.7 Å². The van der Waals surface area contributed by atoms with Gasteiger partial charge >= 0.3 is 0 Å². The molecule has 5 aromatic rings. The van der Waals surface area contributed by atoms with Gasteiger partial charge in [-0.2, -0.15) is 0 Å². The maximum Gasteiger partial charge on any atom is 0.246 e. The van der Waals surface area contributed by atoms with Crippen LogP contribution in [0.25, 0.3) is 21.6 Å². The number of rotatable bonds is 19. The van der Waals surface area contributed by atoms with Crippen molar-refractivity contribution in [3.63, 3.8) is 0 Å². The fourth-order valence-corrected chi connectivity index (χ4v) is 10.1. The lowest BCUT2D eigenvalue weighted by Gasteiger charge is -2.35. The predicted octanol–water partition coefficient (Wildman–Crippen LogP) is 8.21. The molecule has 364 valence electrons. The van der Waals surface area contributed by atoms with Gasteiger partial charge in [-0.25, -0.2) is 4.98 Å². The van der Waals surface area contributed by atoms with E-state index in [2.05, 4.69) is 81.2 Å². The fourth-order valence-electron chi connectivity index (χ4n) is 9.07. The molecule has 1 aromatic heterocycles. The number of piperazine rings is 1. The molecule has 2 saturated heterocycles. The number of β-amino-alcohol motifs (C(OH)–C–C–N with tert-alkyl or cyclic N) is 1. The number of ether oxygens (including phenoxy) is 1. The Bertz CT molecular complexity index is 2520. The quantitative estimate of drug-likeness (QED) is 0.0555. The summed E-state index contributed by atoms with van der Waals surface area (Å²) in [5.74, 6) is 0.175. The van der Waals surface area contributed by atoms with E-state index in [9.17, 15) is 24.3 Å². The molecule has 4 amide bonds. The minimum absolute atomic E-state index is 0.00149. The van der Waals surface area contributed by atoms with Crippen LogP contribution < -0.4 is 15.4 Å². The standard InChI is InChI=1S/C55H65ClN6O6S/c1-38-51(69-37-58-38)43-20-18-39(19-21-43)35-57-53(66)47-34-44(63)36-62(47)54(67)52(55(2,3)4)59-48(64)16-11-17-49(65)61-30-28-60(29-31-61)32-33-68-45-24-22-42(23-25-45)50(41-14-9-6-10-15-41)46(26-27-56)40-12-7-5-8-13-40/h5-10,12-15,18-25,37,44,47,52,63H,11,16-17,26-36H2,1-4H3,(H,57,66)(H,59,64)/b50-46-/t44-,47+,52?/m1/s1. The van der Waals surface area contributed by atoms with Crippen molar-refractivity contribution < 1.29 is 29.0 Å². The van der Waals surface area contributed by atoms with Crippen LogP contribution >= 0.6 is 22.9 Å². The van der Waals surface area contributed by atoms with Crippen molar-refractivity contribution in [2.45, 2.75) is 84.5 Å². The summed E-state index contributed by atoms with van der Waals surface area (Å²) in [4.78, 5) is 65.1. The Labute approximate surface area is 415 Å². The molecular formula is C55H65ClN6O6S. The van der Waals surface area contributed by atoms with E-state index >= 15 is 0 Å². The summed E-state index contributed by atoms with van der Waals surface area (Å²) in [6.45, 7) is 11.7. The third-order valence-electron chi connectivity index (χ3n) is 12.9. The van der Waals surface area contributed by atoms with E-state index < -0.39 is 29.5 Å². The number of carbonyl (C=O) groups is 4. The highest BCUT2D eigenvalue weighted by molar-refractivity contribution is 7.13. The van der Waals surface area contributed by atoms with Crippen LogP contribution in [-0.4, -0.2) is 118 Å². The Morgan fingerprint density at radius 3 is 2.12 bits per heavy atom. The van der Waals surface area contributed by atoms with Gasteiger partial charge in [0, 0.05) is 71.0 Å². The molecule has 0 aliphatic carbocycles. The number of aryl methyl sites for hydroxylation is 1. The number of thiazole rings is 1. The Kier molecular flexibility index (Phi) is 17.8. The number of aliphatic hydroxyl groups is 1. The third kappa shape index (κ3) is 13.7. The zero-order chi connectivity index (χ0) is 48.9. The molecule has 0 spiro atoms. The average Bonchev–Trinajstić information content (AvgIpc) is 3.98. The summed E-state index contributed by atoms with van der Waals surface area (Å²) in [5, 5.41) is 16.5. The minimum atomic E-state index is -0.940. The number of aliphatic hydroxyl groups excluding tert-OH is 1. The van der Waals surface area contributed by atoms with Crippen LogP contribution in [0, 0.1) is 12.3 Å². The summed E-state index contributed by atoms with van der Waals surface area (Å²) < 4.78 is 6.19. The highest BCUT2D eigenvalue weighted by Gasteiger charge is 2.44. The molecule has 69 heavy (non-hydrogen) atoms. The van der Waals surface area contributed by atoms with E-state index in [1.54, 1.807) is 11.3 Å². The lowest BCUT2D eigenvalue weighted by Crippen LogP contribution is -2.57. The van der Waals surface area contributed by atoms with Crippen molar-refractivity contribution in [3.05, 3.63) is 143 Å². The number of nitrogens with one attached hydrogen (secondary N) is 2. The van der Waals surface area contributed by atoms with E-state index in [0.717, 1.165) is 75.8 Å². The summed E-state index contributed by atoms with van der Waals surface area (Å²) in [7, 11) is 0. The maximum absolute atomic E-state index is 14.1. The molecule has 14 heteroatoms. The molecular weight excluding hydrogens is 908 g/mol. The number of alkyl halides is 1. The molecule has 12 nitrogen and oxygen atoms in total. The Hall–Kier alpha value is -5.86. The number of amides is 4. The molecule has 0 radical (unpaired) electrons. The fraction of sp³-hybridized carbons (Fsp3) is 0.400. The molecule has 3 N–H and O–H groups in total. The predicted molar refractivity (Wildman–Crippen MR) is 275 cm³/mol. The second-order valence-corrected chi connectivity index (χ2v) is 20.2. The lowest BCUT2D eigenvalue weighted by atomic mass is 9.85. The highest BCUT2D eigenvalue weighted by Crippen LogP contribution is 2.36. The SMILES string of the molecule is Cc1ncsc1-c1ccc(CNC(=O)[C@@H]2C[C@@H](O)CN2C(=O)C(NC(=O)CCCC(=O)N2CCN(CCOc3ccc(/C(=C(/CCCl)c4ccccc4)c4ccccc4)cc3)CC2)C(C)(C)C)cc1. The van der Waals surface area contributed by atoms with Crippen molar-refractivity contribution in [2.75, 3.05) is 51.8 Å². The van der Waals surface area contributed by atoms with Gasteiger partial charge < -0.3 is 30.3 Å². The van der Waals surface area contributed by atoms with Gasteiger partial charge in [0.15, 0.2) is 0 Å². The van der Waals surface area contributed by atoms with Crippen molar-refractivity contribution in [1.82, 2.24) is 30.3 Å². The normalized spacial score (nSPS) is 17.2.